The summed E-state index contributed by atoms with van der Waals surface area (Å²) in [5, 5.41) is 10.6. The van der Waals surface area contributed by atoms with E-state index in [1.54, 1.807) is 19.1 Å². The van der Waals surface area contributed by atoms with Crippen molar-refractivity contribution in [3.05, 3.63) is 52.9 Å². The Kier molecular flexibility index (Phi) is 4.64. The third-order valence-corrected chi connectivity index (χ3v) is 4.79. The van der Waals surface area contributed by atoms with Crippen LogP contribution in [0.25, 0.3) is 21.7 Å². The number of aryl methyl sites for hydroxylation is 1. The number of furan rings is 1. The largest absolute Gasteiger partial charge is 0.494 e. The highest BCUT2D eigenvalue weighted by Gasteiger charge is 2.21. The predicted octanol–water partition coefficient (Wildman–Crippen LogP) is 4.61. The fourth-order valence-corrected chi connectivity index (χ4v) is 3.30. The number of benzene rings is 1. The van der Waals surface area contributed by atoms with Crippen molar-refractivity contribution in [2.24, 2.45) is 0 Å². The van der Waals surface area contributed by atoms with Crippen molar-refractivity contribution in [1.82, 2.24) is 10.2 Å². The highest BCUT2D eigenvalue weighted by molar-refractivity contribution is 7.13. The molecule has 3 heterocycles. The lowest BCUT2D eigenvalue weighted by Crippen LogP contribution is -2.05. The smallest absolute Gasteiger partial charge is 0.375 e. The highest BCUT2D eigenvalue weighted by atomic mass is 32.1. The minimum atomic E-state index is -0.586. The Labute approximate surface area is 158 Å². The van der Waals surface area contributed by atoms with E-state index in [9.17, 15) is 4.79 Å². The summed E-state index contributed by atoms with van der Waals surface area (Å²) in [7, 11) is 0. The van der Waals surface area contributed by atoms with Crippen LogP contribution in [-0.2, 0) is 11.3 Å². The van der Waals surface area contributed by atoms with Gasteiger partial charge < -0.3 is 18.3 Å². The Balaban J connectivity index is 1.49. The van der Waals surface area contributed by atoms with Crippen molar-refractivity contribution in [2.45, 2.75) is 20.5 Å². The van der Waals surface area contributed by atoms with E-state index in [1.165, 1.54) is 11.3 Å². The molecule has 8 heteroatoms. The number of rotatable bonds is 6. The number of esters is 1. The molecule has 4 rings (SSSR count). The molecular formula is C19H16N2O5S. The molecule has 0 atom stereocenters. The van der Waals surface area contributed by atoms with E-state index in [4.69, 9.17) is 18.3 Å². The van der Waals surface area contributed by atoms with Gasteiger partial charge in [-0.2, -0.15) is 0 Å². The number of ether oxygens (including phenoxy) is 2. The average Bonchev–Trinajstić information content (AvgIpc) is 3.40. The van der Waals surface area contributed by atoms with Gasteiger partial charge in [0.05, 0.1) is 11.5 Å². The predicted molar refractivity (Wildman–Crippen MR) is 98.9 cm³/mol. The van der Waals surface area contributed by atoms with Gasteiger partial charge >= 0.3 is 5.97 Å². The van der Waals surface area contributed by atoms with Gasteiger partial charge in [-0.25, -0.2) is 4.79 Å². The Bertz CT molecular complexity index is 1080. The Hall–Kier alpha value is -3.13. The minimum absolute atomic E-state index is 0.127. The van der Waals surface area contributed by atoms with E-state index in [0.29, 0.717) is 23.6 Å². The van der Waals surface area contributed by atoms with Gasteiger partial charge in [0, 0.05) is 10.9 Å². The van der Waals surface area contributed by atoms with Crippen LogP contribution in [0.3, 0.4) is 0 Å². The van der Waals surface area contributed by atoms with E-state index in [0.717, 1.165) is 16.0 Å². The van der Waals surface area contributed by atoms with Crippen LogP contribution < -0.4 is 4.74 Å². The quantitative estimate of drug-likeness (QED) is 0.449. The number of hydrogen-bond donors (Lipinski definition) is 0. The zero-order chi connectivity index (χ0) is 18.8. The zero-order valence-electron chi connectivity index (χ0n) is 14.7. The Morgan fingerprint density at radius 2 is 2.11 bits per heavy atom. The maximum atomic E-state index is 12.4. The number of carbonyl (C=O) groups excluding carboxylic acids is 1. The molecular weight excluding hydrogens is 368 g/mol. The summed E-state index contributed by atoms with van der Waals surface area (Å²) >= 11 is 1.49. The fourth-order valence-electron chi connectivity index (χ4n) is 2.66. The molecule has 0 aliphatic rings. The maximum absolute atomic E-state index is 12.4. The number of hydrogen-bond acceptors (Lipinski definition) is 8. The molecule has 0 N–H and O–H groups in total. The maximum Gasteiger partial charge on any atom is 0.375 e. The second-order valence-electron chi connectivity index (χ2n) is 5.70. The number of carbonyl (C=O) groups is 1. The fraction of sp³-hybridized carbons (Fsp3) is 0.211. The molecule has 0 amide bonds. The van der Waals surface area contributed by atoms with E-state index in [1.807, 2.05) is 30.5 Å². The van der Waals surface area contributed by atoms with Gasteiger partial charge in [0.25, 0.3) is 11.8 Å². The summed E-state index contributed by atoms with van der Waals surface area (Å²) in [6.07, 6.45) is 0. The first-order chi connectivity index (χ1) is 13.2. The molecule has 0 radical (unpaired) electrons. The van der Waals surface area contributed by atoms with Crippen molar-refractivity contribution in [2.75, 3.05) is 6.61 Å². The highest BCUT2D eigenvalue weighted by Crippen LogP contribution is 2.29. The van der Waals surface area contributed by atoms with Gasteiger partial charge in [0.2, 0.25) is 5.76 Å². The molecule has 0 bridgehead atoms. The normalized spacial score (nSPS) is 11.0. The molecule has 7 nitrogen and oxygen atoms in total. The Morgan fingerprint density at radius 1 is 1.22 bits per heavy atom. The van der Waals surface area contributed by atoms with Crippen molar-refractivity contribution in [3.8, 4) is 16.5 Å². The second kappa shape index (κ2) is 7.24. The lowest BCUT2D eigenvalue weighted by Gasteiger charge is -2.01. The molecule has 138 valence electrons. The van der Waals surface area contributed by atoms with E-state index in [-0.39, 0.29) is 18.3 Å². The molecule has 0 aliphatic heterocycles. The van der Waals surface area contributed by atoms with Crippen LogP contribution in [0, 0.1) is 6.92 Å². The average molecular weight is 384 g/mol. The number of thiophene rings is 1. The molecule has 1 aromatic carbocycles. The third kappa shape index (κ3) is 3.43. The summed E-state index contributed by atoms with van der Waals surface area (Å²) < 4.78 is 21.9. The molecule has 4 aromatic rings. The van der Waals surface area contributed by atoms with Gasteiger partial charge in [-0.3, -0.25) is 0 Å². The molecule has 0 saturated carbocycles. The van der Waals surface area contributed by atoms with Crippen molar-refractivity contribution in [3.63, 3.8) is 0 Å². The number of nitrogens with zero attached hydrogens (tertiary/aromatic N) is 2. The van der Waals surface area contributed by atoms with Crippen LogP contribution in [0.5, 0.6) is 5.75 Å². The second-order valence-corrected chi connectivity index (χ2v) is 6.65. The van der Waals surface area contributed by atoms with E-state index >= 15 is 0 Å². The zero-order valence-corrected chi connectivity index (χ0v) is 15.5. The van der Waals surface area contributed by atoms with Crippen LogP contribution in [0.4, 0.5) is 0 Å². The van der Waals surface area contributed by atoms with Crippen LogP contribution in [0.2, 0.25) is 0 Å². The molecule has 0 unspecified atom stereocenters. The van der Waals surface area contributed by atoms with Crippen molar-refractivity contribution >= 4 is 28.3 Å². The first-order valence-corrected chi connectivity index (χ1v) is 9.23. The Morgan fingerprint density at radius 3 is 2.89 bits per heavy atom. The molecule has 0 saturated heterocycles. The summed E-state index contributed by atoms with van der Waals surface area (Å²) in [6.45, 7) is 4.16. The number of fused-ring (bicyclic) bond motifs is 1. The lowest BCUT2D eigenvalue weighted by molar-refractivity contribution is 0.0404. The summed E-state index contributed by atoms with van der Waals surface area (Å²) in [5.41, 5.74) is 1.29. The molecule has 3 aromatic heterocycles. The number of aromatic nitrogens is 2. The third-order valence-electron chi connectivity index (χ3n) is 3.93. The first-order valence-electron chi connectivity index (χ1n) is 8.35. The minimum Gasteiger partial charge on any atom is -0.494 e. The summed E-state index contributed by atoms with van der Waals surface area (Å²) in [4.78, 5) is 13.3. The van der Waals surface area contributed by atoms with Crippen molar-refractivity contribution < 1.29 is 23.1 Å². The monoisotopic (exact) mass is 384 g/mol. The molecule has 0 aliphatic carbocycles. The van der Waals surface area contributed by atoms with Crippen LogP contribution in [0.15, 0.2) is 44.5 Å². The van der Waals surface area contributed by atoms with Gasteiger partial charge in [0.15, 0.2) is 6.61 Å². The van der Waals surface area contributed by atoms with Gasteiger partial charge in [-0.1, -0.05) is 6.07 Å². The summed E-state index contributed by atoms with van der Waals surface area (Å²) in [5.74, 6) is 0.911. The van der Waals surface area contributed by atoms with Crippen LogP contribution in [0.1, 0.15) is 28.9 Å². The molecule has 0 fully saturated rings. The summed E-state index contributed by atoms with van der Waals surface area (Å²) in [6, 6.07) is 9.19. The van der Waals surface area contributed by atoms with Crippen LogP contribution in [-0.4, -0.2) is 22.8 Å². The van der Waals surface area contributed by atoms with Crippen LogP contribution >= 0.6 is 11.3 Å². The SMILES string of the molecule is CCOc1ccc2oc(C(=O)OCc3nnc(-c4cccs4)o3)c(C)c2c1. The van der Waals surface area contributed by atoms with Crippen molar-refractivity contribution in [1.29, 1.82) is 0 Å². The standard InChI is InChI=1S/C19H16N2O5S/c1-3-23-12-6-7-14-13(9-12)11(2)17(25-14)19(22)24-10-16-20-21-18(26-16)15-5-4-8-27-15/h4-9H,3,10H2,1-2H3. The first kappa shape index (κ1) is 17.3. The molecule has 0 spiro atoms. The van der Waals surface area contributed by atoms with E-state index < -0.39 is 5.97 Å². The van der Waals surface area contributed by atoms with Gasteiger partial charge in [-0.15, -0.1) is 21.5 Å². The topological polar surface area (TPSA) is 87.6 Å². The molecule has 27 heavy (non-hydrogen) atoms. The van der Waals surface area contributed by atoms with Gasteiger partial charge in [-0.05, 0) is 43.5 Å². The van der Waals surface area contributed by atoms with Gasteiger partial charge in [0.1, 0.15) is 11.3 Å². The lowest BCUT2D eigenvalue weighted by atomic mass is 10.1. The van der Waals surface area contributed by atoms with E-state index in [2.05, 4.69) is 10.2 Å².